The average Bonchev–Trinajstić information content (AvgIpc) is 1.90. The maximum Gasteiger partial charge on any atom is 0.0369 e. The number of hydrogen-bond acceptors (Lipinski definition) is 1. The van der Waals surface area contributed by atoms with Gasteiger partial charge in [-0.3, -0.25) is 5.73 Å². The predicted molar refractivity (Wildman–Crippen MR) is 36.0 cm³/mol. The van der Waals surface area contributed by atoms with E-state index in [1.807, 2.05) is 0 Å². The second kappa shape index (κ2) is 1.96. The van der Waals surface area contributed by atoms with E-state index >= 15 is 0 Å². The molecule has 9 heavy (non-hydrogen) atoms. The molecule has 0 unspecified atom stereocenters. The van der Waals surface area contributed by atoms with Crippen molar-refractivity contribution >= 4 is 0 Å². The third-order valence-electron chi connectivity index (χ3n) is 2.66. The molecule has 3 aliphatic rings. The first-order valence-corrected chi connectivity index (χ1v) is 3.80. The van der Waals surface area contributed by atoms with Crippen LogP contribution in [0.25, 0.3) is 0 Å². The van der Waals surface area contributed by atoms with E-state index in [9.17, 15) is 0 Å². The lowest BCUT2D eigenvalue weighted by Gasteiger charge is -2.42. The van der Waals surface area contributed by atoms with Gasteiger partial charge in [-0.25, -0.2) is 0 Å². The van der Waals surface area contributed by atoms with E-state index < -0.39 is 0 Å². The topological polar surface area (TPSA) is 27.0 Å². The molecule has 2 heteroatoms. The number of nitrogens with zero attached hydrogens (tertiary/aromatic N) is 1. The van der Waals surface area contributed by atoms with Crippen molar-refractivity contribution in [1.82, 2.24) is 10.6 Å². The van der Waals surface area contributed by atoms with Crippen LogP contribution in [0.4, 0.5) is 0 Å². The molecule has 0 aromatic heterocycles. The fraction of sp³-hybridized carbons (Fsp3) is 1.00. The zero-order chi connectivity index (χ0) is 6.27. The van der Waals surface area contributed by atoms with Crippen LogP contribution in [0.3, 0.4) is 0 Å². The molecule has 1 atom stereocenters. The van der Waals surface area contributed by atoms with Crippen molar-refractivity contribution in [2.24, 2.45) is 5.92 Å². The Balaban J connectivity index is 2.06. The molecule has 3 fully saturated rings. The van der Waals surface area contributed by atoms with Gasteiger partial charge in [-0.15, -0.1) is 0 Å². The molecule has 1 N–H and O–H groups in total. The molecule has 0 aliphatic carbocycles. The van der Waals surface area contributed by atoms with Gasteiger partial charge in [0.2, 0.25) is 0 Å². The van der Waals surface area contributed by atoms with E-state index in [0.717, 1.165) is 12.5 Å². The standard InChI is InChI=1S/C7H13N2/c8-7-5-9-3-1-6(7)2-4-9/h6-8H,1-5H2/t7-/m0/s1. The summed E-state index contributed by atoms with van der Waals surface area (Å²) < 4.78 is 0. The number of nitrogens with one attached hydrogen (secondary N) is 1. The van der Waals surface area contributed by atoms with Crippen LogP contribution in [-0.2, 0) is 0 Å². The predicted octanol–water partition coefficient (Wildman–Crippen LogP) is 0.363. The lowest BCUT2D eigenvalue weighted by Crippen LogP contribution is -2.50. The second-order valence-corrected chi connectivity index (χ2v) is 3.24. The van der Waals surface area contributed by atoms with Gasteiger partial charge in [-0.2, -0.15) is 0 Å². The zero-order valence-electron chi connectivity index (χ0n) is 5.64. The molecule has 0 aromatic rings. The van der Waals surface area contributed by atoms with Crippen molar-refractivity contribution in [3.05, 3.63) is 0 Å². The molecule has 3 saturated heterocycles. The number of piperidine rings is 3. The summed E-state index contributed by atoms with van der Waals surface area (Å²) in [7, 11) is 0. The average molecular weight is 125 g/mol. The van der Waals surface area contributed by atoms with Gasteiger partial charge in [-0.05, 0) is 31.8 Å². The third kappa shape index (κ3) is 0.864. The Bertz CT molecular complexity index is 105. The summed E-state index contributed by atoms with van der Waals surface area (Å²) in [4.78, 5) is 2.41. The first-order chi connectivity index (χ1) is 4.36. The molecule has 0 amide bonds. The number of rotatable bonds is 0. The molecular formula is C7H13N2. The van der Waals surface area contributed by atoms with E-state index in [1.165, 1.54) is 25.9 Å². The maximum atomic E-state index is 7.62. The maximum absolute atomic E-state index is 7.62. The summed E-state index contributed by atoms with van der Waals surface area (Å²) >= 11 is 0. The molecule has 2 nitrogen and oxygen atoms in total. The van der Waals surface area contributed by atoms with Crippen molar-refractivity contribution in [2.75, 3.05) is 19.6 Å². The third-order valence-corrected chi connectivity index (χ3v) is 2.66. The highest BCUT2D eigenvalue weighted by molar-refractivity contribution is 4.88. The molecule has 3 aliphatic heterocycles. The summed E-state index contributed by atoms with van der Waals surface area (Å²) in [6.07, 6.45) is 2.57. The van der Waals surface area contributed by atoms with Crippen LogP contribution >= 0.6 is 0 Å². The molecule has 1 radical (unpaired) electrons. The van der Waals surface area contributed by atoms with E-state index in [-0.39, 0.29) is 6.04 Å². The quantitative estimate of drug-likeness (QED) is 0.459. The molecule has 2 bridgehead atoms. The Morgan fingerprint density at radius 1 is 1.22 bits per heavy atom. The van der Waals surface area contributed by atoms with E-state index in [0.29, 0.717) is 0 Å². The molecule has 3 heterocycles. The van der Waals surface area contributed by atoms with Crippen molar-refractivity contribution in [3.8, 4) is 0 Å². The van der Waals surface area contributed by atoms with Gasteiger partial charge >= 0.3 is 0 Å². The van der Waals surface area contributed by atoms with Crippen LogP contribution in [0.2, 0.25) is 0 Å². The monoisotopic (exact) mass is 125 g/mol. The zero-order valence-corrected chi connectivity index (χ0v) is 5.64. The minimum atomic E-state index is 0.243. The Kier molecular flexibility index (Phi) is 1.24. The van der Waals surface area contributed by atoms with Gasteiger partial charge < -0.3 is 4.90 Å². The van der Waals surface area contributed by atoms with Gasteiger partial charge in [0, 0.05) is 12.6 Å². The Morgan fingerprint density at radius 2 is 1.89 bits per heavy atom. The molecule has 3 rings (SSSR count). The Morgan fingerprint density at radius 3 is 2.11 bits per heavy atom. The minimum absolute atomic E-state index is 0.243. The fourth-order valence-electron chi connectivity index (χ4n) is 1.97. The number of hydrogen-bond donors (Lipinski definition) is 0. The highest BCUT2D eigenvalue weighted by Gasteiger charge is 2.31. The van der Waals surface area contributed by atoms with Gasteiger partial charge in [-0.1, -0.05) is 0 Å². The summed E-state index contributed by atoms with van der Waals surface area (Å²) in [5, 5.41) is 0. The Labute approximate surface area is 56.0 Å². The second-order valence-electron chi connectivity index (χ2n) is 3.24. The van der Waals surface area contributed by atoms with Crippen LogP contribution in [0.5, 0.6) is 0 Å². The largest absolute Gasteiger partial charge is 0.302 e. The first kappa shape index (κ1) is 5.69. The van der Waals surface area contributed by atoms with Gasteiger partial charge in [0.05, 0.1) is 0 Å². The van der Waals surface area contributed by atoms with Gasteiger partial charge in [0.15, 0.2) is 0 Å². The van der Waals surface area contributed by atoms with E-state index in [2.05, 4.69) is 4.90 Å². The normalized spacial score (nSPS) is 49.7. The fourth-order valence-corrected chi connectivity index (χ4v) is 1.97. The Hall–Kier alpha value is -0.0800. The minimum Gasteiger partial charge on any atom is -0.302 e. The van der Waals surface area contributed by atoms with Crippen molar-refractivity contribution in [3.63, 3.8) is 0 Å². The smallest absolute Gasteiger partial charge is 0.0369 e. The van der Waals surface area contributed by atoms with Crippen LogP contribution in [0, 0.1) is 5.92 Å². The molecular weight excluding hydrogens is 112 g/mol. The van der Waals surface area contributed by atoms with Gasteiger partial charge in [0.25, 0.3) is 0 Å². The summed E-state index contributed by atoms with van der Waals surface area (Å²) in [5.41, 5.74) is 7.62. The van der Waals surface area contributed by atoms with Crippen molar-refractivity contribution in [1.29, 1.82) is 0 Å². The molecule has 0 aromatic carbocycles. The molecule has 0 spiro atoms. The van der Waals surface area contributed by atoms with Crippen LogP contribution in [0.15, 0.2) is 0 Å². The summed E-state index contributed by atoms with van der Waals surface area (Å²) in [5.74, 6) is 0.745. The SMILES string of the molecule is [NH][C@H]1CN2CCC1CC2. The summed E-state index contributed by atoms with van der Waals surface area (Å²) in [6.45, 7) is 3.57. The lowest BCUT2D eigenvalue weighted by atomic mass is 9.85. The van der Waals surface area contributed by atoms with Crippen molar-refractivity contribution < 1.29 is 0 Å². The first-order valence-electron chi connectivity index (χ1n) is 3.80. The van der Waals surface area contributed by atoms with Crippen LogP contribution in [0.1, 0.15) is 12.8 Å². The van der Waals surface area contributed by atoms with Gasteiger partial charge in [0.1, 0.15) is 0 Å². The lowest BCUT2D eigenvalue weighted by molar-refractivity contribution is 0.0867. The molecule has 0 saturated carbocycles. The van der Waals surface area contributed by atoms with Crippen molar-refractivity contribution in [2.45, 2.75) is 18.9 Å². The van der Waals surface area contributed by atoms with E-state index in [1.54, 1.807) is 0 Å². The van der Waals surface area contributed by atoms with Crippen LogP contribution in [-0.4, -0.2) is 30.6 Å². The van der Waals surface area contributed by atoms with E-state index in [4.69, 9.17) is 5.73 Å². The number of fused-ring (bicyclic) bond motifs is 3. The highest BCUT2D eigenvalue weighted by Crippen LogP contribution is 2.26. The molecule has 51 valence electrons. The summed E-state index contributed by atoms with van der Waals surface area (Å²) in [6, 6.07) is 0.243. The van der Waals surface area contributed by atoms with Crippen LogP contribution < -0.4 is 5.73 Å². The highest BCUT2D eigenvalue weighted by atomic mass is 15.2.